The number of alkyl halides is 6. The van der Waals surface area contributed by atoms with Gasteiger partial charge in [-0.2, -0.15) is 26.3 Å². The Kier molecular flexibility index (Phi) is 8.79. The summed E-state index contributed by atoms with van der Waals surface area (Å²) < 4.78 is 77.4. The fourth-order valence-corrected chi connectivity index (χ4v) is 6.61. The molecule has 2 aromatic rings. The molecular weight excluding hydrogens is 686 g/mol. The third-order valence-electron chi connectivity index (χ3n) is 6.88. The molecule has 2 atom stereocenters. The molecule has 3 aliphatic heterocycles. The number of nitrogens with zero attached hydrogens (tertiary/aromatic N) is 4. The quantitative estimate of drug-likeness (QED) is 0.0967. The molecule has 0 unspecified atom stereocenters. The second kappa shape index (κ2) is 12.4. The first-order chi connectivity index (χ1) is 22.0. The number of thioether (sulfide) groups is 1. The number of hydrogen-bond donors (Lipinski definition) is 3. The highest BCUT2D eigenvalue weighted by atomic mass is 32.2. The van der Waals surface area contributed by atoms with Gasteiger partial charge in [-0.15, -0.1) is 23.1 Å². The van der Waals surface area contributed by atoms with Gasteiger partial charge in [0.15, 0.2) is 10.8 Å². The summed E-state index contributed by atoms with van der Waals surface area (Å²) in [5.41, 5.74) is 2.87. The number of halogens is 6. The van der Waals surface area contributed by atoms with Gasteiger partial charge in [-0.05, 0) is 36.3 Å². The van der Waals surface area contributed by atoms with E-state index < -0.39 is 70.4 Å². The average molecular weight is 705 g/mol. The Balaban J connectivity index is 1.35. The molecule has 2 saturated heterocycles. The Hall–Kier alpha value is -4.92. The molecule has 13 nitrogen and oxygen atoms in total. The molecule has 2 fully saturated rings. The van der Waals surface area contributed by atoms with Crippen molar-refractivity contribution in [3.05, 3.63) is 63.8 Å². The standard InChI is InChI=1S/C26H18F6N6O7S2/c27-25(28,29)12-2-1-3-13(7-12)37-5-4-10(19(37)40)6-11-8-46-21-16(20(41)38(21)17(11)22(42)43)35-18(39)15(14-9-47-24(33)34-14)36-45-23(44)26(30,31)32/h1-3,6-7,9,16,21H,4-5,8H2,(H2,33,34)(H,35,39)(H,42,43)/b10-6+,36-15-/t16-,21-/m1/s1. The number of nitrogens with one attached hydrogen (secondary N) is 1. The second-order valence-corrected chi connectivity index (χ2v) is 11.8. The number of thiazole rings is 1. The van der Waals surface area contributed by atoms with Crippen LogP contribution in [0.15, 0.2) is 57.7 Å². The first-order valence-electron chi connectivity index (χ1n) is 13.0. The van der Waals surface area contributed by atoms with Crippen LogP contribution in [-0.2, 0) is 35.0 Å². The molecule has 0 aliphatic carbocycles. The zero-order chi connectivity index (χ0) is 34.4. The summed E-state index contributed by atoms with van der Waals surface area (Å²) in [4.78, 5) is 72.1. The summed E-state index contributed by atoms with van der Waals surface area (Å²) in [5.74, 6) is -7.26. The Bertz CT molecular complexity index is 1790. The predicted octanol–water partition coefficient (Wildman–Crippen LogP) is 2.66. The molecule has 0 spiro atoms. The number of anilines is 2. The van der Waals surface area contributed by atoms with Gasteiger partial charge in [0, 0.05) is 28.9 Å². The van der Waals surface area contributed by atoms with Crippen molar-refractivity contribution in [3.8, 4) is 0 Å². The normalized spacial score (nSPS) is 21.1. The largest absolute Gasteiger partial charge is 0.493 e. The summed E-state index contributed by atoms with van der Waals surface area (Å²) in [6.45, 7) is 0.0149. The smallest absolute Gasteiger partial charge is 0.477 e. The van der Waals surface area contributed by atoms with Gasteiger partial charge in [0.05, 0.1) is 5.56 Å². The van der Waals surface area contributed by atoms with Crippen molar-refractivity contribution in [2.24, 2.45) is 5.16 Å². The van der Waals surface area contributed by atoms with E-state index in [4.69, 9.17) is 5.73 Å². The summed E-state index contributed by atoms with van der Waals surface area (Å²) in [5, 5.41) is 15.2. The molecule has 47 heavy (non-hydrogen) atoms. The van der Waals surface area contributed by atoms with Gasteiger partial charge in [-0.25, -0.2) is 14.6 Å². The number of fused-ring (bicyclic) bond motifs is 1. The van der Waals surface area contributed by atoms with Crippen LogP contribution in [0.25, 0.3) is 0 Å². The number of nitrogens with two attached hydrogens (primary N) is 1. The van der Waals surface area contributed by atoms with Crippen LogP contribution in [0, 0.1) is 0 Å². The number of carbonyl (C=O) groups is 5. The van der Waals surface area contributed by atoms with Gasteiger partial charge >= 0.3 is 24.3 Å². The number of carboxylic acid groups (broad SMARTS) is 1. The summed E-state index contributed by atoms with van der Waals surface area (Å²) in [6.07, 6.45) is -8.76. The van der Waals surface area contributed by atoms with Crippen LogP contribution < -0.4 is 16.0 Å². The van der Waals surface area contributed by atoms with Crippen molar-refractivity contribution in [2.45, 2.75) is 30.2 Å². The highest BCUT2D eigenvalue weighted by Gasteiger charge is 2.54. The minimum absolute atomic E-state index is 0.00771. The second-order valence-electron chi connectivity index (χ2n) is 9.85. The van der Waals surface area contributed by atoms with Crippen LogP contribution in [0.1, 0.15) is 17.7 Å². The van der Waals surface area contributed by atoms with Crippen LogP contribution in [0.3, 0.4) is 0 Å². The molecule has 21 heteroatoms. The molecule has 4 N–H and O–H groups in total. The molecule has 248 valence electrons. The van der Waals surface area contributed by atoms with Gasteiger partial charge in [-0.1, -0.05) is 11.2 Å². The van der Waals surface area contributed by atoms with Crippen LogP contribution >= 0.6 is 23.1 Å². The molecule has 3 aliphatic rings. The number of benzene rings is 1. The Labute approximate surface area is 266 Å². The van der Waals surface area contributed by atoms with Gasteiger partial charge in [0.1, 0.15) is 22.8 Å². The number of aromatic nitrogens is 1. The fourth-order valence-electron chi connectivity index (χ4n) is 4.76. The van der Waals surface area contributed by atoms with Gasteiger partial charge in [0.2, 0.25) is 0 Å². The zero-order valence-corrected chi connectivity index (χ0v) is 24.7. The lowest BCUT2D eigenvalue weighted by molar-refractivity contribution is -0.199. The highest BCUT2D eigenvalue weighted by Crippen LogP contribution is 2.42. The Morgan fingerprint density at radius 3 is 2.51 bits per heavy atom. The lowest BCUT2D eigenvalue weighted by Crippen LogP contribution is -2.71. The minimum Gasteiger partial charge on any atom is -0.477 e. The maximum absolute atomic E-state index is 13.2. The molecule has 0 bridgehead atoms. The van der Waals surface area contributed by atoms with Crippen LogP contribution in [0.2, 0.25) is 0 Å². The van der Waals surface area contributed by atoms with Crippen molar-refractivity contribution in [1.29, 1.82) is 0 Å². The molecule has 0 radical (unpaired) electrons. The number of nitrogen functional groups attached to an aromatic ring is 1. The van der Waals surface area contributed by atoms with E-state index in [1.165, 1.54) is 12.1 Å². The van der Waals surface area contributed by atoms with E-state index in [2.05, 4.69) is 20.3 Å². The Morgan fingerprint density at radius 2 is 1.89 bits per heavy atom. The minimum atomic E-state index is -5.44. The van der Waals surface area contributed by atoms with Crippen molar-refractivity contribution in [1.82, 2.24) is 15.2 Å². The number of rotatable bonds is 7. The SMILES string of the molecule is Nc1nc(/C(=N/OC(=O)C(F)(F)F)C(=O)N[C@@H]2C(=O)N3C(C(=O)O)=C(/C=C4\CCN(c5cccc(C(F)(F)F)c5)C4=O)CS[C@H]23)cs1. The van der Waals surface area contributed by atoms with E-state index >= 15 is 0 Å². The molecular formula is C26H18F6N6O7S2. The molecule has 0 saturated carbocycles. The molecule has 1 aromatic carbocycles. The van der Waals surface area contributed by atoms with Crippen LogP contribution in [0.5, 0.6) is 0 Å². The average Bonchev–Trinajstić information content (AvgIpc) is 3.59. The third kappa shape index (κ3) is 6.66. The lowest BCUT2D eigenvalue weighted by Gasteiger charge is -2.49. The first-order valence-corrected chi connectivity index (χ1v) is 14.9. The topological polar surface area (TPSA) is 185 Å². The van der Waals surface area contributed by atoms with Gasteiger partial charge < -0.3 is 25.9 Å². The Morgan fingerprint density at radius 1 is 1.17 bits per heavy atom. The summed E-state index contributed by atoms with van der Waals surface area (Å²) >= 11 is 1.76. The van der Waals surface area contributed by atoms with Crippen LogP contribution in [0.4, 0.5) is 37.2 Å². The number of carbonyl (C=O) groups excluding carboxylic acids is 4. The molecule has 5 rings (SSSR count). The van der Waals surface area contributed by atoms with E-state index in [1.807, 2.05) is 0 Å². The fraction of sp³-hybridized carbons (Fsp3) is 0.269. The zero-order valence-electron chi connectivity index (χ0n) is 23.1. The van der Waals surface area contributed by atoms with Crippen molar-refractivity contribution in [2.75, 3.05) is 22.9 Å². The highest BCUT2D eigenvalue weighted by molar-refractivity contribution is 8.00. The maximum Gasteiger partial charge on any atom is 0.493 e. The molecule has 1 aromatic heterocycles. The van der Waals surface area contributed by atoms with Crippen LogP contribution in [-0.4, -0.2) is 80.3 Å². The maximum atomic E-state index is 13.2. The number of aliphatic carboxylic acids is 1. The molecule has 3 amide bonds. The monoisotopic (exact) mass is 704 g/mol. The van der Waals surface area contributed by atoms with E-state index in [-0.39, 0.29) is 46.4 Å². The summed E-state index contributed by atoms with van der Waals surface area (Å²) in [7, 11) is 0. The number of carboxylic acids is 1. The number of β-lactam (4-membered cyclic amide) rings is 1. The predicted molar refractivity (Wildman–Crippen MR) is 151 cm³/mol. The van der Waals surface area contributed by atoms with E-state index in [9.17, 15) is 55.4 Å². The summed E-state index contributed by atoms with van der Waals surface area (Å²) in [6, 6.07) is 2.74. The number of allylic oxidation sites excluding steroid dienone is 1. The van der Waals surface area contributed by atoms with E-state index in [0.717, 1.165) is 56.5 Å². The number of oxime groups is 1. The van der Waals surface area contributed by atoms with Crippen molar-refractivity contribution >= 4 is 69.3 Å². The van der Waals surface area contributed by atoms with Gasteiger partial charge in [-0.3, -0.25) is 19.3 Å². The van der Waals surface area contributed by atoms with Crippen molar-refractivity contribution < 1.29 is 60.3 Å². The first kappa shape index (κ1) is 33.4. The number of hydrogen-bond acceptors (Lipinski definition) is 11. The van der Waals surface area contributed by atoms with Crippen molar-refractivity contribution in [3.63, 3.8) is 0 Å². The van der Waals surface area contributed by atoms with E-state index in [0.29, 0.717) is 0 Å². The van der Waals surface area contributed by atoms with E-state index in [1.54, 1.807) is 0 Å². The lowest BCUT2D eigenvalue weighted by atomic mass is 10.0. The number of amides is 3. The third-order valence-corrected chi connectivity index (χ3v) is 8.85. The molecule has 4 heterocycles. The van der Waals surface area contributed by atoms with Gasteiger partial charge in [0.25, 0.3) is 17.7 Å².